The SMILES string of the molecule is CNC(=O)NC(=O)CN(C)Cc1ccc2c(c1)OCO2. The Balaban J connectivity index is 1.86. The van der Waals surface area contributed by atoms with Crippen LogP contribution in [0.25, 0.3) is 0 Å². The van der Waals surface area contributed by atoms with Crippen LogP contribution < -0.4 is 20.1 Å². The number of nitrogens with zero attached hydrogens (tertiary/aromatic N) is 1. The lowest BCUT2D eigenvalue weighted by atomic mass is 10.2. The van der Waals surface area contributed by atoms with E-state index < -0.39 is 6.03 Å². The van der Waals surface area contributed by atoms with Crippen LogP contribution in [-0.2, 0) is 11.3 Å². The summed E-state index contributed by atoms with van der Waals surface area (Å²) in [6, 6.07) is 5.14. The second kappa shape index (κ2) is 6.25. The van der Waals surface area contributed by atoms with Crippen LogP contribution in [0.1, 0.15) is 5.56 Å². The van der Waals surface area contributed by atoms with E-state index in [4.69, 9.17) is 9.47 Å². The van der Waals surface area contributed by atoms with Crippen molar-refractivity contribution in [2.24, 2.45) is 0 Å². The first-order valence-corrected chi connectivity index (χ1v) is 6.17. The molecule has 7 nitrogen and oxygen atoms in total. The van der Waals surface area contributed by atoms with Gasteiger partial charge in [0.15, 0.2) is 11.5 Å². The van der Waals surface area contributed by atoms with Gasteiger partial charge in [-0.25, -0.2) is 4.79 Å². The van der Waals surface area contributed by atoms with Gasteiger partial charge >= 0.3 is 6.03 Å². The monoisotopic (exact) mass is 279 g/mol. The summed E-state index contributed by atoms with van der Waals surface area (Å²) in [6.07, 6.45) is 0. The van der Waals surface area contributed by atoms with Crippen molar-refractivity contribution < 1.29 is 19.1 Å². The predicted octanol–water partition coefficient (Wildman–Crippen LogP) is 0.303. The Bertz CT molecular complexity index is 518. The Morgan fingerprint density at radius 2 is 2.05 bits per heavy atom. The van der Waals surface area contributed by atoms with Crippen molar-refractivity contribution in [3.8, 4) is 11.5 Å². The molecule has 1 aliphatic rings. The minimum atomic E-state index is -0.508. The topological polar surface area (TPSA) is 79.9 Å². The van der Waals surface area contributed by atoms with Gasteiger partial charge in [-0.05, 0) is 24.7 Å². The number of ether oxygens (including phenoxy) is 2. The van der Waals surface area contributed by atoms with Crippen LogP contribution in [-0.4, -0.2) is 44.3 Å². The summed E-state index contributed by atoms with van der Waals surface area (Å²) >= 11 is 0. The zero-order valence-corrected chi connectivity index (χ0v) is 11.4. The Hall–Kier alpha value is -2.28. The van der Waals surface area contributed by atoms with Gasteiger partial charge in [0.2, 0.25) is 12.7 Å². The summed E-state index contributed by atoms with van der Waals surface area (Å²) in [4.78, 5) is 24.3. The van der Waals surface area contributed by atoms with E-state index in [-0.39, 0.29) is 19.2 Å². The van der Waals surface area contributed by atoms with Gasteiger partial charge in [0, 0.05) is 13.6 Å². The smallest absolute Gasteiger partial charge is 0.321 e. The van der Waals surface area contributed by atoms with E-state index in [0.29, 0.717) is 12.3 Å². The molecule has 7 heteroatoms. The lowest BCUT2D eigenvalue weighted by molar-refractivity contribution is -0.120. The molecular formula is C13H17N3O4. The van der Waals surface area contributed by atoms with Gasteiger partial charge in [0.25, 0.3) is 0 Å². The highest BCUT2D eigenvalue weighted by Crippen LogP contribution is 2.32. The fraction of sp³-hybridized carbons (Fsp3) is 0.385. The fourth-order valence-corrected chi connectivity index (χ4v) is 1.88. The number of hydrogen-bond acceptors (Lipinski definition) is 5. The average molecular weight is 279 g/mol. The predicted molar refractivity (Wildman–Crippen MR) is 71.5 cm³/mol. The molecule has 0 aliphatic carbocycles. The molecular weight excluding hydrogens is 262 g/mol. The number of carbonyl (C=O) groups is 2. The zero-order valence-electron chi connectivity index (χ0n) is 11.4. The van der Waals surface area contributed by atoms with Gasteiger partial charge in [-0.3, -0.25) is 15.0 Å². The van der Waals surface area contributed by atoms with Crippen LogP contribution in [0.15, 0.2) is 18.2 Å². The number of rotatable bonds is 4. The standard InChI is InChI=1S/C13H17N3O4/c1-14-13(18)15-12(17)7-16(2)6-9-3-4-10-11(5-9)20-8-19-10/h3-5H,6-8H2,1-2H3,(H2,14,15,17,18). The molecule has 2 rings (SSSR count). The first-order valence-electron chi connectivity index (χ1n) is 6.17. The molecule has 0 saturated carbocycles. The van der Waals surface area contributed by atoms with E-state index in [1.54, 1.807) is 11.9 Å². The number of imide groups is 1. The van der Waals surface area contributed by atoms with Gasteiger partial charge < -0.3 is 14.8 Å². The van der Waals surface area contributed by atoms with Crippen molar-refractivity contribution in [1.82, 2.24) is 15.5 Å². The number of fused-ring (bicyclic) bond motifs is 1. The molecule has 1 aliphatic heterocycles. The van der Waals surface area contributed by atoms with Gasteiger partial charge in [-0.1, -0.05) is 6.07 Å². The van der Waals surface area contributed by atoms with Crippen molar-refractivity contribution in [2.75, 3.05) is 27.4 Å². The highest BCUT2D eigenvalue weighted by atomic mass is 16.7. The summed E-state index contributed by atoms with van der Waals surface area (Å²) in [5.41, 5.74) is 1.00. The maximum Gasteiger partial charge on any atom is 0.321 e. The summed E-state index contributed by atoms with van der Waals surface area (Å²) in [7, 11) is 3.26. The largest absolute Gasteiger partial charge is 0.454 e. The minimum absolute atomic E-state index is 0.127. The van der Waals surface area contributed by atoms with E-state index >= 15 is 0 Å². The van der Waals surface area contributed by atoms with E-state index in [1.807, 2.05) is 18.2 Å². The molecule has 0 saturated heterocycles. The lowest BCUT2D eigenvalue weighted by Crippen LogP contribution is -2.42. The maximum atomic E-state index is 11.5. The van der Waals surface area contributed by atoms with Crippen LogP contribution in [0.4, 0.5) is 4.79 Å². The van der Waals surface area contributed by atoms with Crippen molar-refractivity contribution in [3.05, 3.63) is 23.8 Å². The van der Waals surface area contributed by atoms with Gasteiger partial charge in [0.1, 0.15) is 0 Å². The van der Waals surface area contributed by atoms with Gasteiger partial charge in [0.05, 0.1) is 6.54 Å². The number of urea groups is 1. The van der Waals surface area contributed by atoms with Crippen LogP contribution in [0.2, 0.25) is 0 Å². The van der Waals surface area contributed by atoms with Crippen molar-refractivity contribution in [1.29, 1.82) is 0 Å². The molecule has 108 valence electrons. The normalized spacial score (nSPS) is 12.3. The number of benzene rings is 1. The molecule has 20 heavy (non-hydrogen) atoms. The van der Waals surface area contributed by atoms with Crippen LogP contribution in [0.3, 0.4) is 0 Å². The van der Waals surface area contributed by atoms with Gasteiger partial charge in [-0.15, -0.1) is 0 Å². The second-order valence-electron chi connectivity index (χ2n) is 4.49. The van der Waals surface area contributed by atoms with E-state index in [2.05, 4.69) is 10.6 Å². The minimum Gasteiger partial charge on any atom is -0.454 e. The first-order chi connectivity index (χ1) is 9.58. The average Bonchev–Trinajstić information content (AvgIpc) is 2.85. The molecule has 0 fully saturated rings. The van der Waals surface area contributed by atoms with E-state index in [9.17, 15) is 9.59 Å². The second-order valence-corrected chi connectivity index (χ2v) is 4.49. The third-order valence-corrected chi connectivity index (χ3v) is 2.78. The maximum absolute atomic E-state index is 11.5. The molecule has 1 heterocycles. The summed E-state index contributed by atoms with van der Waals surface area (Å²) in [6.45, 7) is 0.933. The molecule has 0 aromatic heterocycles. The highest BCUT2D eigenvalue weighted by Gasteiger charge is 2.15. The zero-order chi connectivity index (χ0) is 14.5. The highest BCUT2D eigenvalue weighted by molar-refractivity contribution is 5.95. The van der Waals surface area contributed by atoms with Crippen LogP contribution >= 0.6 is 0 Å². The summed E-state index contributed by atoms with van der Waals surface area (Å²) < 4.78 is 10.5. The first kappa shape index (κ1) is 14.1. The Morgan fingerprint density at radius 3 is 2.80 bits per heavy atom. The molecule has 0 unspecified atom stereocenters. The molecule has 0 spiro atoms. The summed E-state index contributed by atoms with van der Waals surface area (Å²) in [5, 5.41) is 4.54. The van der Waals surface area contributed by atoms with Crippen LogP contribution in [0.5, 0.6) is 11.5 Å². The van der Waals surface area contributed by atoms with Gasteiger partial charge in [-0.2, -0.15) is 0 Å². The third-order valence-electron chi connectivity index (χ3n) is 2.78. The van der Waals surface area contributed by atoms with Crippen molar-refractivity contribution >= 4 is 11.9 Å². The molecule has 0 atom stereocenters. The number of amides is 3. The Kier molecular flexibility index (Phi) is 4.41. The molecule has 0 bridgehead atoms. The Morgan fingerprint density at radius 1 is 1.30 bits per heavy atom. The molecule has 1 aromatic rings. The lowest BCUT2D eigenvalue weighted by Gasteiger charge is -2.16. The molecule has 0 radical (unpaired) electrons. The quantitative estimate of drug-likeness (QED) is 0.829. The van der Waals surface area contributed by atoms with Crippen molar-refractivity contribution in [2.45, 2.75) is 6.54 Å². The number of nitrogens with one attached hydrogen (secondary N) is 2. The fourth-order valence-electron chi connectivity index (χ4n) is 1.88. The van der Waals surface area contributed by atoms with E-state index in [1.165, 1.54) is 7.05 Å². The number of likely N-dealkylation sites (N-methyl/N-ethyl adjacent to an activating group) is 1. The van der Waals surface area contributed by atoms with Crippen LogP contribution in [0, 0.1) is 0 Å². The molecule has 1 aromatic carbocycles. The summed E-state index contributed by atoms with van der Waals surface area (Å²) in [5.74, 6) is 1.09. The molecule has 3 amide bonds. The van der Waals surface area contributed by atoms with E-state index in [0.717, 1.165) is 11.3 Å². The number of hydrogen-bond donors (Lipinski definition) is 2. The molecule has 2 N–H and O–H groups in total. The Labute approximate surface area is 116 Å². The third kappa shape index (κ3) is 3.61. The van der Waals surface area contributed by atoms with Crippen molar-refractivity contribution in [3.63, 3.8) is 0 Å². The number of carbonyl (C=O) groups excluding carboxylic acids is 2.